The quantitative estimate of drug-likeness (QED) is 0.428. The Morgan fingerprint density at radius 2 is 1.87 bits per heavy atom. The molecule has 0 bridgehead atoms. The minimum absolute atomic E-state index is 0.0421. The number of esters is 1. The third kappa shape index (κ3) is 5.76. The molecule has 0 aliphatic carbocycles. The summed E-state index contributed by atoms with van der Waals surface area (Å²) >= 11 is 5.16. The summed E-state index contributed by atoms with van der Waals surface area (Å²) in [6.45, 7) is 0. The van der Waals surface area contributed by atoms with E-state index >= 15 is 0 Å². The van der Waals surface area contributed by atoms with Crippen molar-refractivity contribution in [1.82, 2.24) is 0 Å². The Labute approximate surface area is 87.3 Å². The van der Waals surface area contributed by atoms with Crippen LogP contribution in [-0.4, -0.2) is 30.6 Å². The number of hydrogen-bond acceptors (Lipinski definition) is 2. The molecule has 0 rings (SSSR count). The first kappa shape index (κ1) is 14.4. The molecule has 0 aromatic rings. The van der Waals surface area contributed by atoms with Crippen LogP contribution >= 0.6 is 11.6 Å². The van der Waals surface area contributed by atoms with E-state index in [0.29, 0.717) is 0 Å². The highest BCUT2D eigenvalue weighted by Gasteiger charge is 2.49. The molecule has 0 spiro atoms. The zero-order chi connectivity index (χ0) is 12.1. The maximum Gasteiger partial charge on any atom is 0.431 e. The summed E-state index contributed by atoms with van der Waals surface area (Å²) in [6.07, 6.45) is -12.7. The molecule has 0 amide bonds. The topological polar surface area (TPSA) is 26.3 Å². The van der Waals surface area contributed by atoms with Crippen molar-refractivity contribution < 1.29 is 31.5 Å². The highest BCUT2D eigenvalue weighted by molar-refractivity contribution is 6.17. The Kier molecular flexibility index (Phi) is 5.85. The SMILES string of the molecule is O=C(CCCCl)OC(C(F)F)C(F)(F)F. The van der Waals surface area contributed by atoms with Gasteiger partial charge < -0.3 is 4.74 Å². The van der Waals surface area contributed by atoms with Gasteiger partial charge in [-0.1, -0.05) is 0 Å². The van der Waals surface area contributed by atoms with Gasteiger partial charge in [0.25, 0.3) is 12.5 Å². The molecule has 0 aliphatic rings. The van der Waals surface area contributed by atoms with Crippen LogP contribution in [0.1, 0.15) is 12.8 Å². The molecule has 0 aromatic carbocycles. The fraction of sp³-hybridized carbons (Fsp3) is 0.857. The van der Waals surface area contributed by atoms with E-state index < -0.39 is 31.1 Å². The van der Waals surface area contributed by atoms with Crippen molar-refractivity contribution in [1.29, 1.82) is 0 Å². The maximum atomic E-state index is 11.9. The van der Waals surface area contributed by atoms with Crippen molar-refractivity contribution >= 4 is 17.6 Å². The molecule has 1 atom stereocenters. The van der Waals surface area contributed by atoms with Gasteiger partial charge in [0.05, 0.1) is 0 Å². The van der Waals surface area contributed by atoms with Crippen LogP contribution in [0.4, 0.5) is 22.0 Å². The zero-order valence-electron chi connectivity index (χ0n) is 7.36. The Bertz CT molecular complexity index is 206. The second-order valence-corrected chi connectivity index (χ2v) is 2.96. The van der Waals surface area contributed by atoms with Gasteiger partial charge in [-0.15, -0.1) is 11.6 Å². The van der Waals surface area contributed by atoms with Crippen LogP contribution in [0.2, 0.25) is 0 Å². The number of carbonyl (C=O) groups is 1. The van der Waals surface area contributed by atoms with Crippen LogP contribution in [0.25, 0.3) is 0 Å². The fourth-order valence-electron chi connectivity index (χ4n) is 0.673. The van der Waals surface area contributed by atoms with Gasteiger partial charge in [0.1, 0.15) is 0 Å². The number of halogens is 6. The van der Waals surface area contributed by atoms with Gasteiger partial charge in [-0.25, -0.2) is 8.78 Å². The van der Waals surface area contributed by atoms with Crippen LogP contribution in [0.15, 0.2) is 0 Å². The number of alkyl halides is 6. The summed E-state index contributed by atoms with van der Waals surface area (Å²) in [6, 6.07) is 0. The Morgan fingerprint density at radius 3 is 2.20 bits per heavy atom. The lowest BCUT2D eigenvalue weighted by molar-refractivity contribution is -0.249. The van der Waals surface area contributed by atoms with Crippen molar-refractivity contribution in [3.8, 4) is 0 Å². The summed E-state index contributed by atoms with van der Waals surface area (Å²) in [5.74, 6) is -1.29. The van der Waals surface area contributed by atoms with E-state index in [1.165, 1.54) is 0 Å². The Hall–Kier alpha value is -0.590. The third-order valence-electron chi connectivity index (χ3n) is 1.32. The van der Waals surface area contributed by atoms with E-state index in [2.05, 4.69) is 4.74 Å². The van der Waals surface area contributed by atoms with E-state index in [1.807, 2.05) is 0 Å². The largest absolute Gasteiger partial charge is 0.446 e. The molecule has 0 saturated carbocycles. The molecule has 0 saturated heterocycles. The zero-order valence-corrected chi connectivity index (χ0v) is 8.12. The van der Waals surface area contributed by atoms with E-state index in [1.54, 1.807) is 0 Å². The third-order valence-corrected chi connectivity index (χ3v) is 1.59. The standard InChI is InChI=1S/C7H8ClF5O2/c8-3-1-2-4(14)15-5(6(9)10)7(11,12)13/h5-6H,1-3H2. The van der Waals surface area contributed by atoms with Gasteiger partial charge in [0, 0.05) is 12.3 Å². The first-order chi connectivity index (χ1) is 6.79. The fourth-order valence-corrected chi connectivity index (χ4v) is 0.806. The van der Waals surface area contributed by atoms with Crippen molar-refractivity contribution in [3.63, 3.8) is 0 Å². The van der Waals surface area contributed by atoms with Crippen molar-refractivity contribution in [2.24, 2.45) is 0 Å². The van der Waals surface area contributed by atoms with Gasteiger partial charge in [0.2, 0.25) is 0 Å². The molecule has 0 N–H and O–H groups in total. The molecule has 8 heteroatoms. The predicted molar refractivity (Wildman–Crippen MR) is 41.9 cm³/mol. The molecule has 0 heterocycles. The van der Waals surface area contributed by atoms with Gasteiger partial charge in [-0.05, 0) is 6.42 Å². The average Bonchev–Trinajstić information content (AvgIpc) is 2.08. The molecular weight excluding hydrogens is 247 g/mol. The molecule has 0 fully saturated rings. The van der Waals surface area contributed by atoms with Gasteiger partial charge in [-0.3, -0.25) is 4.79 Å². The summed E-state index contributed by atoms with van der Waals surface area (Å²) in [5, 5.41) is 0. The molecule has 15 heavy (non-hydrogen) atoms. The van der Waals surface area contributed by atoms with Gasteiger partial charge in [0.15, 0.2) is 0 Å². The lowest BCUT2D eigenvalue weighted by atomic mass is 10.3. The first-order valence-electron chi connectivity index (χ1n) is 3.89. The summed E-state index contributed by atoms with van der Waals surface area (Å²) in [7, 11) is 0. The predicted octanol–water partition coefficient (Wildman–Crippen LogP) is 2.74. The van der Waals surface area contributed by atoms with Crippen molar-refractivity contribution in [2.75, 3.05) is 5.88 Å². The molecule has 0 radical (unpaired) electrons. The Balaban J connectivity index is 4.24. The molecule has 2 nitrogen and oxygen atoms in total. The number of rotatable bonds is 5. The monoisotopic (exact) mass is 254 g/mol. The normalized spacial score (nSPS) is 14.1. The second kappa shape index (κ2) is 6.09. The smallest absolute Gasteiger partial charge is 0.431 e. The molecule has 0 aliphatic heterocycles. The lowest BCUT2D eigenvalue weighted by Crippen LogP contribution is -2.39. The average molecular weight is 255 g/mol. The molecule has 90 valence electrons. The second-order valence-electron chi connectivity index (χ2n) is 2.58. The number of ether oxygens (including phenoxy) is 1. The van der Waals surface area contributed by atoms with Crippen LogP contribution in [-0.2, 0) is 9.53 Å². The van der Waals surface area contributed by atoms with Crippen molar-refractivity contribution in [2.45, 2.75) is 31.5 Å². The number of hydrogen-bond donors (Lipinski definition) is 0. The molecule has 1 unspecified atom stereocenters. The van der Waals surface area contributed by atoms with Crippen LogP contribution in [0.5, 0.6) is 0 Å². The highest BCUT2D eigenvalue weighted by Crippen LogP contribution is 2.27. The molecule has 0 aromatic heterocycles. The summed E-state index contributed by atoms with van der Waals surface area (Å²) in [5.41, 5.74) is 0. The van der Waals surface area contributed by atoms with Crippen LogP contribution < -0.4 is 0 Å². The number of carbonyl (C=O) groups excluding carboxylic acids is 1. The first-order valence-corrected chi connectivity index (χ1v) is 4.42. The molecular formula is C7H8ClF5O2. The van der Waals surface area contributed by atoms with Crippen LogP contribution in [0.3, 0.4) is 0 Å². The van der Waals surface area contributed by atoms with E-state index in [0.717, 1.165) is 0 Å². The van der Waals surface area contributed by atoms with Gasteiger partial charge in [-0.2, -0.15) is 13.2 Å². The van der Waals surface area contributed by atoms with Crippen LogP contribution in [0, 0.1) is 0 Å². The van der Waals surface area contributed by atoms with Gasteiger partial charge >= 0.3 is 12.1 Å². The Morgan fingerprint density at radius 1 is 1.33 bits per heavy atom. The minimum atomic E-state index is -5.26. The summed E-state index contributed by atoms with van der Waals surface area (Å²) in [4.78, 5) is 10.6. The maximum absolute atomic E-state index is 11.9. The highest BCUT2D eigenvalue weighted by atomic mass is 35.5. The summed E-state index contributed by atoms with van der Waals surface area (Å²) < 4.78 is 62.9. The van der Waals surface area contributed by atoms with Crippen molar-refractivity contribution in [3.05, 3.63) is 0 Å². The van der Waals surface area contributed by atoms with E-state index in [9.17, 15) is 26.7 Å². The lowest BCUT2D eigenvalue weighted by Gasteiger charge is -2.19. The minimum Gasteiger partial charge on any atom is -0.446 e. The van der Waals surface area contributed by atoms with E-state index in [-0.39, 0.29) is 12.3 Å². The van der Waals surface area contributed by atoms with E-state index in [4.69, 9.17) is 11.6 Å².